The first-order valence-electron chi connectivity index (χ1n) is 6.59. The minimum atomic E-state index is 0.0874. The van der Waals surface area contributed by atoms with Crippen molar-refractivity contribution in [1.82, 2.24) is 5.32 Å². The van der Waals surface area contributed by atoms with Crippen molar-refractivity contribution < 1.29 is 10.2 Å². The van der Waals surface area contributed by atoms with Crippen molar-refractivity contribution in [2.75, 3.05) is 12.3 Å². The van der Waals surface area contributed by atoms with E-state index in [1.807, 2.05) is 25.1 Å². The Morgan fingerprint density at radius 1 is 1.05 bits per heavy atom. The minimum absolute atomic E-state index is 0.0874. The number of thioether (sulfide) groups is 1. The summed E-state index contributed by atoms with van der Waals surface area (Å²) in [5, 5.41) is 22.3. The van der Waals surface area contributed by atoms with Crippen LogP contribution in [0, 0.1) is 0 Å². The van der Waals surface area contributed by atoms with E-state index in [0.717, 1.165) is 17.9 Å². The average Bonchev–Trinajstić information content (AvgIpc) is 2.43. The van der Waals surface area contributed by atoms with Crippen molar-refractivity contribution in [1.29, 1.82) is 0 Å². The monoisotopic (exact) mass is 289 g/mol. The van der Waals surface area contributed by atoms with E-state index in [1.54, 1.807) is 23.9 Å². The second-order valence-corrected chi connectivity index (χ2v) is 5.79. The lowest BCUT2D eigenvalue weighted by Crippen LogP contribution is -2.21. The van der Waals surface area contributed by atoms with Crippen LogP contribution in [-0.4, -0.2) is 22.5 Å². The van der Waals surface area contributed by atoms with Crippen LogP contribution >= 0.6 is 11.8 Å². The van der Waals surface area contributed by atoms with Crippen LogP contribution in [0.25, 0.3) is 0 Å². The molecule has 0 radical (unpaired) electrons. The van der Waals surface area contributed by atoms with E-state index in [2.05, 4.69) is 17.4 Å². The first kappa shape index (κ1) is 14.8. The summed E-state index contributed by atoms with van der Waals surface area (Å²) in [4.78, 5) is 1.26. The van der Waals surface area contributed by atoms with Gasteiger partial charge in [-0.05, 0) is 36.8 Å². The Morgan fingerprint density at radius 2 is 1.70 bits per heavy atom. The van der Waals surface area contributed by atoms with Gasteiger partial charge in [-0.3, -0.25) is 0 Å². The highest BCUT2D eigenvalue weighted by molar-refractivity contribution is 7.99. The predicted molar refractivity (Wildman–Crippen MR) is 83.4 cm³/mol. The van der Waals surface area contributed by atoms with Gasteiger partial charge >= 0.3 is 0 Å². The molecule has 2 aromatic carbocycles. The molecule has 1 unspecified atom stereocenters. The van der Waals surface area contributed by atoms with Gasteiger partial charge in [-0.15, -0.1) is 11.8 Å². The third-order valence-corrected chi connectivity index (χ3v) is 4.00. The number of aromatic hydroxyl groups is 2. The van der Waals surface area contributed by atoms with Gasteiger partial charge in [0.15, 0.2) is 0 Å². The van der Waals surface area contributed by atoms with Crippen LogP contribution in [-0.2, 0) is 0 Å². The van der Waals surface area contributed by atoms with Crippen molar-refractivity contribution in [3.05, 3.63) is 54.1 Å². The fourth-order valence-corrected chi connectivity index (χ4v) is 2.75. The second-order valence-electron chi connectivity index (χ2n) is 4.62. The molecule has 3 N–H and O–H groups in total. The predicted octanol–water partition coefficient (Wildman–Crippen LogP) is 3.54. The van der Waals surface area contributed by atoms with Crippen molar-refractivity contribution in [3.8, 4) is 11.5 Å². The molecule has 0 saturated heterocycles. The number of hydrogen-bond donors (Lipinski definition) is 3. The molecular weight excluding hydrogens is 270 g/mol. The Bertz CT molecular complexity index is 525. The van der Waals surface area contributed by atoms with Crippen LogP contribution in [0.1, 0.15) is 18.5 Å². The largest absolute Gasteiger partial charge is 0.508 e. The summed E-state index contributed by atoms with van der Waals surface area (Å²) in [6, 6.07) is 15.0. The second kappa shape index (κ2) is 7.22. The van der Waals surface area contributed by atoms with Crippen LogP contribution in [0.2, 0.25) is 0 Å². The van der Waals surface area contributed by atoms with Crippen LogP contribution in [0.15, 0.2) is 53.4 Å². The number of benzene rings is 2. The van der Waals surface area contributed by atoms with E-state index >= 15 is 0 Å². The molecule has 0 amide bonds. The molecule has 2 rings (SSSR count). The molecule has 0 aliphatic rings. The van der Waals surface area contributed by atoms with E-state index in [1.165, 1.54) is 11.0 Å². The molecule has 0 aliphatic heterocycles. The Labute approximate surface area is 123 Å². The summed E-state index contributed by atoms with van der Waals surface area (Å²) in [6.45, 7) is 2.87. The maximum absolute atomic E-state index is 9.47. The van der Waals surface area contributed by atoms with Gasteiger partial charge in [0.05, 0.1) is 0 Å². The normalized spacial score (nSPS) is 12.2. The van der Waals surface area contributed by atoms with E-state index in [0.29, 0.717) is 0 Å². The van der Waals surface area contributed by atoms with Gasteiger partial charge in [0.1, 0.15) is 11.5 Å². The highest BCUT2D eigenvalue weighted by Gasteiger charge is 2.07. The van der Waals surface area contributed by atoms with Gasteiger partial charge in [0, 0.05) is 29.3 Å². The molecule has 2 aromatic rings. The molecule has 106 valence electrons. The third-order valence-electron chi connectivity index (χ3n) is 2.99. The van der Waals surface area contributed by atoms with Gasteiger partial charge in [-0.1, -0.05) is 18.2 Å². The lowest BCUT2D eigenvalue weighted by Gasteiger charge is -2.14. The van der Waals surface area contributed by atoms with Crippen LogP contribution in [0.5, 0.6) is 11.5 Å². The minimum Gasteiger partial charge on any atom is -0.508 e. The van der Waals surface area contributed by atoms with Crippen LogP contribution in [0.4, 0.5) is 0 Å². The fourth-order valence-electron chi connectivity index (χ4n) is 1.95. The fraction of sp³-hybridized carbons (Fsp3) is 0.250. The van der Waals surface area contributed by atoms with Crippen molar-refractivity contribution in [2.24, 2.45) is 0 Å². The Hall–Kier alpha value is -1.65. The zero-order chi connectivity index (χ0) is 14.4. The molecule has 0 heterocycles. The zero-order valence-corrected chi connectivity index (χ0v) is 12.2. The topological polar surface area (TPSA) is 52.5 Å². The van der Waals surface area contributed by atoms with Crippen LogP contribution in [0.3, 0.4) is 0 Å². The SMILES string of the molecule is CC(NCCSc1ccccc1)c1cc(O)cc(O)c1. The van der Waals surface area contributed by atoms with E-state index < -0.39 is 0 Å². The molecule has 0 aliphatic carbocycles. The number of nitrogens with one attached hydrogen (secondary N) is 1. The van der Waals surface area contributed by atoms with Crippen LogP contribution < -0.4 is 5.32 Å². The summed E-state index contributed by atoms with van der Waals surface area (Å²) >= 11 is 1.80. The summed E-state index contributed by atoms with van der Waals surface area (Å²) in [5.74, 6) is 1.15. The molecule has 0 fully saturated rings. The van der Waals surface area contributed by atoms with E-state index in [-0.39, 0.29) is 17.5 Å². The molecular formula is C16H19NO2S. The lowest BCUT2D eigenvalue weighted by molar-refractivity contribution is 0.446. The number of phenolic OH excluding ortho intramolecular Hbond substituents is 2. The van der Waals surface area contributed by atoms with Gasteiger partial charge in [0.25, 0.3) is 0 Å². The van der Waals surface area contributed by atoms with Gasteiger partial charge < -0.3 is 15.5 Å². The van der Waals surface area contributed by atoms with Gasteiger partial charge in [0.2, 0.25) is 0 Å². The summed E-state index contributed by atoms with van der Waals surface area (Å²) in [6.07, 6.45) is 0. The highest BCUT2D eigenvalue weighted by Crippen LogP contribution is 2.24. The molecule has 0 bridgehead atoms. The summed E-state index contributed by atoms with van der Waals surface area (Å²) < 4.78 is 0. The van der Waals surface area contributed by atoms with Crippen molar-refractivity contribution in [3.63, 3.8) is 0 Å². The molecule has 20 heavy (non-hydrogen) atoms. The highest BCUT2D eigenvalue weighted by atomic mass is 32.2. The molecule has 4 heteroatoms. The summed E-state index contributed by atoms with van der Waals surface area (Å²) in [7, 11) is 0. The van der Waals surface area contributed by atoms with Crippen molar-refractivity contribution in [2.45, 2.75) is 17.9 Å². The molecule has 0 aromatic heterocycles. The Kier molecular flexibility index (Phi) is 5.32. The first-order chi connectivity index (χ1) is 9.65. The van der Waals surface area contributed by atoms with Gasteiger partial charge in [-0.2, -0.15) is 0 Å². The van der Waals surface area contributed by atoms with Gasteiger partial charge in [-0.25, -0.2) is 0 Å². The molecule has 0 saturated carbocycles. The smallest absolute Gasteiger partial charge is 0.119 e. The van der Waals surface area contributed by atoms with Crippen molar-refractivity contribution >= 4 is 11.8 Å². The number of hydrogen-bond acceptors (Lipinski definition) is 4. The number of rotatable bonds is 6. The Balaban J connectivity index is 1.79. The average molecular weight is 289 g/mol. The molecule has 3 nitrogen and oxygen atoms in total. The van der Waals surface area contributed by atoms with E-state index in [4.69, 9.17) is 0 Å². The third kappa shape index (κ3) is 4.47. The Morgan fingerprint density at radius 3 is 2.35 bits per heavy atom. The standard InChI is InChI=1S/C16H19NO2S/c1-12(13-9-14(18)11-15(19)10-13)17-7-8-20-16-5-3-2-4-6-16/h2-6,9-12,17-19H,7-8H2,1H3. The number of phenols is 2. The lowest BCUT2D eigenvalue weighted by atomic mass is 10.1. The maximum Gasteiger partial charge on any atom is 0.119 e. The quantitative estimate of drug-likeness (QED) is 0.562. The molecule has 0 spiro atoms. The molecule has 1 atom stereocenters. The van der Waals surface area contributed by atoms with E-state index in [9.17, 15) is 10.2 Å². The summed E-state index contributed by atoms with van der Waals surface area (Å²) in [5.41, 5.74) is 0.882. The first-order valence-corrected chi connectivity index (χ1v) is 7.58. The maximum atomic E-state index is 9.47. The zero-order valence-electron chi connectivity index (χ0n) is 11.4.